The van der Waals surface area contributed by atoms with E-state index in [-0.39, 0.29) is 0 Å². The van der Waals surface area contributed by atoms with Crippen molar-refractivity contribution in [1.29, 1.82) is 0 Å². The van der Waals surface area contributed by atoms with Gasteiger partial charge in [0.15, 0.2) is 0 Å². The Kier molecular flexibility index (Phi) is 4.10. The van der Waals surface area contributed by atoms with E-state index in [9.17, 15) is 4.79 Å². The fraction of sp³-hybridized carbons (Fsp3) is 0.667. The molecule has 1 aromatic heterocycles. The van der Waals surface area contributed by atoms with Gasteiger partial charge in [-0.15, -0.1) is 0 Å². The Morgan fingerprint density at radius 3 is 2.81 bits per heavy atom. The molecule has 0 spiro atoms. The Morgan fingerprint density at radius 2 is 2.25 bits per heavy atom. The van der Waals surface area contributed by atoms with Crippen LogP contribution in [-0.4, -0.2) is 20.6 Å². The first-order valence-corrected chi connectivity index (χ1v) is 5.71. The fourth-order valence-electron chi connectivity index (χ4n) is 1.50. The summed E-state index contributed by atoms with van der Waals surface area (Å²) in [5, 5.41) is 9.02. The van der Waals surface area contributed by atoms with Crippen molar-refractivity contribution in [3.05, 3.63) is 18.2 Å². The van der Waals surface area contributed by atoms with Crippen LogP contribution in [0, 0.1) is 5.41 Å². The van der Waals surface area contributed by atoms with Crippen molar-refractivity contribution in [2.45, 2.75) is 46.6 Å². The van der Waals surface area contributed by atoms with Gasteiger partial charge >= 0.3 is 5.97 Å². The number of aromatic nitrogens is 2. The number of rotatable bonds is 6. The maximum absolute atomic E-state index is 11.0. The quantitative estimate of drug-likeness (QED) is 0.806. The standard InChI is InChI=1S/C12H20N2O2/c1-4-5-10-13-7-9-14(10)8-6-12(2,3)11(15)16/h7,9H,4-6,8H2,1-3H3,(H,15,16). The van der Waals surface area contributed by atoms with Crippen LogP contribution in [0.3, 0.4) is 0 Å². The smallest absolute Gasteiger partial charge is 0.309 e. The van der Waals surface area contributed by atoms with Crippen molar-refractivity contribution >= 4 is 5.97 Å². The fourth-order valence-corrected chi connectivity index (χ4v) is 1.50. The van der Waals surface area contributed by atoms with Crippen LogP contribution >= 0.6 is 0 Å². The van der Waals surface area contributed by atoms with E-state index in [2.05, 4.69) is 11.9 Å². The van der Waals surface area contributed by atoms with Crippen molar-refractivity contribution in [2.75, 3.05) is 0 Å². The van der Waals surface area contributed by atoms with Gasteiger partial charge in [0.05, 0.1) is 5.41 Å². The van der Waals surface area contributed by atoms with E-state index in [0.717, 1.165) is 18.7 Å². The molecule has 0 saturated heterocycles. The number of carboxylic acid groups (broad SMARTS) is 1. The normalized spacial score (nSPS) is 11.7. The van der Waals surface area contributed by atoms with Crippen LogP contribution in [0.1, 0.15) is 39.4 Å². The van der Waals surface area contributed by atoms with Crippen LogP contribution in [0.2, 0.25) is 0 Å². The highest BCUT2D eigenvalue weighted by Crippen LogP contribution is 2.21. The van der Waals surface area contributed by atoms with Crippen LogP contribution in [-0.2, 0) is 17.8 Å². The Morgan fingerprint density at radius 1 is 1.56 bits per heavy atom. The molecule has 0 saturated carbocycles. The summed E-state index contributed by atoms with van der Waals surface area (Å²) in [6.45, 7) is 6.34. The minimum atomic E-state index is -0.746. The average Bonchev–Trinajstić information content (AvgIpc) is 2.63. The number of hydrogen-bond acceptors (Lipinski definition) is 2. The summed E-state index contributed by atoms with van der Waals surface area (Å²) >= 11 is 0. The largest absolute Gasteiger partial charge is 0.481 e. The van der Waals surface area contributed by atoms with Gasteiger partial charge < -0.3 is 9.67 Å². The molecule has 0 aliphatic rings. The Bertz CT molecular complexity index is 356. The van der Waals surface area contributed by atoms with Gasteiger partial charge in [0.1, 0.15) is 5.82 Å². The molecule has 0 unspecified atom stereocenters. The second-order valence-corrected chi connectivity index (χ2v) is 4.73. The summed E-state index contributed by atoms with van der Waals surface area (Å²) in [6.07, 6.45) is 6.32. The van der Waals surface area contributed by atoms with Gasteiger partial charge in [-0.1, -0.05) is 6.92 Å². The molecule has 0 aromatic carbocycles. The molecule has 4 heteroatoms. The third-order valence-electron chi connectivity index (χ3n) is 2.83. The first-order chi connectivity index (χ1) is 7.47. The van der Waals surface area contributed by atoms with Crippen LogP contribution in [0.5, 0.6) is 0 Å². The third kappa shape index (κ3) is 3.08. The zero-order valence-electron chi connectivity index (χ0n) is 10.2. The van der Waals surface area contributed by atoms with E-state index in [1.807, 2.05) is 10.8 Å². The Labute approximate surface area is 96.3 Å². The van der Waals surface area contributed by atoms with Crippen molar-refractivity contribution in [3.8, 4) is 0 Å². The lowest BCUT2D eigenvalue weighted by atomic mass is 9.89. The van der Waals surface area contributed by atoms with Gasteiger partial charge in [-0.25, -0.2) is 4.98 Å². The van der Waals surface area contributed by atoms with Crippen molar-refractivity contribution in [2.24, 2.45) is 5.41 Å². The summed E-state index contributed by atoms with van der Waals surface area (Å²) in [6, 6.07) is 0. The molecule has 0 bridgehead atoms. The Balaban J connectivity index is 2.60. The predicted molar refractivity (Wildman–Crippen MR) is 62.3 cm³/mol. The highest BCUT2D eigenvalue weighted by Gasteiger charge is 2.26. The summed E-state index contributed by atoms with van der Waals surface area (Å²) < 4.78 is 2.05. The number of carboxylic acids is 1. The molecule has 0 aliphatic carbocycles. The molecule has 90 valence electrons. The third-order valence-corrected chi connectivity index (χ3v) is 2.83. The number of carbonyl (C=O) groups is 1. The molecule has 1 aromatic rings. The van der Waals surface area contributed by atoms with Gasteiger partial charge in [-0.05, 0) is 26.7 Å². The van der Waals surface area contributed by atoms with Crippen molar-refractivity contribution in [1.82, 2.24) is 9.55 Å². The van der Waals surface area contributed by atoms with Crippen molar-refractivity contribution < 1.29 is 9.90 Å². The average molecular weight is 224 g/mol. The van der Waals surface area contributed by atoms with E-state index < -0.39 is 11.4 Å². The maximum Gasteiger partial charge on any atom is 0.309 e. The van der Waals surface area contributed by atoms with Gasteiger partial charge in [0, 0.05) is 25.4 Å². The molecule has 16 heavy (non-hydrogen) atoms. The predicted octanol–water partition coefficient (Wildman–Crippen LogP) is 2.34. The molecule has 1 N–H and O–H groups in total. The van der Waals surface area contributed by atoms with Gasteiger partial charge in [-0.2, -0.15) is 0 Å². The molecule has 4 nitrogen and oxygen atoms in total. The molecular weight excluding hydrogens is 204 g/mol. The topological polar surface area (TPSA) is 55.1 Å². The molecule has 0 radical (unpaired) electrons. The number of aryl methyl sites for hydroxylation is 2. The lowest BCUT2D eigenvalue weighted by molar-refractivity contribution is -0.147. The van der Waals surface area contributed by atoms with Crippen LogP contribution < -0.4 is 0 Å². The zero-order valence-corrected chi connectivity index (χ0v) is 10.2. The van der Waals surface area contributed by atoms with Crippen LogP contribution in [0.4, 0.5) is 0 Å². The van der Waals surface area contributed by atoms with Crippen LogP contribution in [0.25, 0.3) is 0 Å². The number of nitrogens with zero attached hydrogens (tertiary/aromatic N) is 2. The van der Waals surface area contributed by atoms with Crippen LogP contribution in [0.15, 0.2) is 12.4 Å². The Hall–Kier alpha value is -1.32. The minimum Gasteiger partial charge on any atom is -0.481 e. The lowest BCUT2D eigenvalue weighted by Gasteiger charge is -2.19. The number of aliphatic carboxylic acids is 1. The van der Waals surface area contributed by atoms with E-state index in [4.69, 9.17) is 5.11 Å². The maximum atomic E-state index is 11.0. The highest BCUT2D eigenvalue weighted by molar-refractivity contribution is 5.73. The van der Waals surface area contributed by atoms with E-state index in [1.165, 1.54) is 0 Å². The zero-order chi connectivity index (χ0) is 12.2. The minimum absolute atomic E-state index is 0.620. The highest BCUT2D eigenvalue weighted by atomic mass is 16.4. The molecule has 0 aliphatic heterocycles. The first-order valence-electron chi connectivity index (χ1n) is 5.71. The molecule has 1 rings (SSSR count). The summed E-state index contributed by atoms with van der Waals surface area (Å²) in [5.41, 5.74) is -0.673. The van der Waals surface area contributed by atoms with Gasteiger partial charge in [-0.3, -0.25) is 4.79 Å². The lowest BCUT2D eigenvalue weighted by Crippen LogP contribution is -2.25. The molecule has 0 fully saturated rings. The molecule has 0 atom stereocenters. The monoisotopic (exact) mass is 224 g/mol. The van der Waals surface area contributed by atoms with E-state index in [0.29, 0.717) is 13.0 Å². The number of hydrogen-bond donors (Lipinski definition) is 1. The van der Waals surface area contributed by atoms with Gasteiger partial charge in [0.2, 0.25) is 0 Å². The number of imidazole rings is 1. The second-order valence-electron chi connectivity index (χ2n) is 4.73. The van der Waals surface area contributed by atoms with E-state index in [1.54, 1.807) is 20.0 Å². The molecular formula is C12H20N2O2. The molecule has 1 heterocycles. The van der Waals surface area contributed by atoms with Gasteiger partial charge in [0.25, 0.3) is 0 Å². The second kappa shape index (κ2) is 5.14. The SMILES string of the molecule is CCCc1nccn1CCC(C)(C)C(=O)O. The summed E-state index contributed by atoms with van der Waals surface area (Å²) in [7, 11) is 0. The van der Waals surface area contributed by atoms with E-state index >= 15 is 0 Å². The first kappa shape index (κ1) is 12.7. The van der Waals surface area contributed by atoms with Crippen molar-refractivity contribution in [3.63, 3.8) is 0 Å². The summed E-state index contributed by atoms with van der Waals surface area (Å²) in [5.74, 6) is 0.299. The molecule has 0 amide bonds. The summed E-state index contributed by atoms with van der Waals surface area (Å²) in [4.78, 5) is 15.2.